The van der Waals surface area contributed by atoms with Crippen LogP contribution < -0.4 is 10.1 Å². The van der Waals surface area contributed by atoms with E-state index in [2.05, 4.69) is 25.2 Å². The Bertz CT molecular complexity index is 573. The van der Waals surface area contributed by atoms with Crippen LogP contribution in [0.25, 0.3) is 0 Å². The van der Waals surface area contributed by atoms with E-state index in [9.17, 15) is 4.79 Å². The molecular weight excluding hydrogens is 254 g/mol. The number of hydrogen-bond donors (Lipinski definition) is 1. The van der Waals surface area contributed by atoms with Gasteiger partial charge in [-0.3, -0.25) is 4.79 Å². The number of nitrogens with one attached hydrogen (secondary N) is 1. The Balaban J connectivity index is 2.07. The monoisotopic (exact) mass is 273 g/mol. The van der Waals surface area contributed by atoms with E-state index in [1.54, 1.807) is 19.2 Å². The van der Waals surface area contributed by atoms with Crippen LogP contribution in [0, 0.1) is 0 Å². The van der Waals surface area contributed by atoms with Crippen LogP contribution in [0.5, 0.6) is 5.75 Å². The number of methoxy groups -OCH3 is 1. The van der Waals surface area contributed by atoms with E-state index in [1.807, 2.05) is 12.1 Å². The van der Waals surface area contributed by atoms with Crippen molar-refractivity contribution in [1.82, 2.24) is 5.32 Å². The summed E-state index contributed by atoms with van der Waals surface area (Å²) in [6.45, 7) is 4.67. The minimum atomic E-state index is -0.231. The van der Waals surface area contributed by atoms with Crippen molar-refractivity contribution < 1.29 is 13.9 Å². The highest BCUT2D eigenvalue weighted by Crippen LogP contribution is 2.24. The van der Waals surface area contributed by atoms with Gasteiger partial charge in [0.15, 0.2) is 5.76 Å². The average Bonchev–Trinajstić information content (AvgIpc) is 2.98. The maximum Gasteiger partial charge on any atom is 0.287 e. The molecule has 0 saturated heterocycles. The molecule has 1 heterocycles. The van der Waals surface area contributed by atoms with Crippen LogP contribution in [0.3, 0.4) is 0 Å². The highest BCUT2D eigenvalue weighted by atomic mass is 16.5. The number of hydrogen-bond acceptors (Lipinski definition) is 3. The number of carbonyl (C=O) groups is 1. The Morgan fingerprint density at radius 3 is 2.75 bits per heavy atom. The van der Waals surface area contributed by atoms with Gasteiger partial charge in [0.05, 0.1) is 13.4 Å². The van der Waals surface area contributed by atoms with Crippen LogP contribution in [-0.2, 0) is 6.54 Å². The fourth-order valence-electron chi connectivity index (χ4n) is 1.94. The molecule has 0 bridgehead atoms. The molecule has 0 atom stereocenters. The van der Waals surface area contributed by atoms with Gasteiger partial charge in [0.25, 0.3) is 5.91 Å². The molecule has 0 radical (unpaired) electrons. The Kier molecular flexibility index (Phi) is 4.45. The minimum Gasteiger partial charge on any atom is -0.496 e. The molecule has 2 aromatic rings. The smallest absolute Gasteiger partial charge is 0.287 e. The van der Waals surface area contributed by atoms with Crippen molar-refractivity contribution in [3.05, 3.63) is 53.5 Å². The van der Waals surface area contributed by atoms with E-state index < -0.39 is 0 Å². The van der Waals surface area contributed by atoms with E-state index in [1.165, 1.54) is 11.8 Å². The molecule has 4 heteroatoms. The first kappa shape index (κ1) is 14.2. The highest BCUT2D eigenvalue weighted by molar-refractivity contribution is 5.91. The van der Waals surface area contributed by atoms with Crippen molar-refractivity contribution in [1.29, 1.82) is 0 Å². The van der Waals surface area contributed by atoms with E-state index in [0.717, 1.165) is 11.3 Å². The van der Waals surface area contributed by atoms with Gasteiger partial charge in [0.2, 0.25) is 0 Å². The van der Waals surface area contributed by atoms with Crippen LogP contribution in [0.1, 0.15) is 41.4 Å². The molecule has 106 valence electrons. The molecule has 0 aliphatic heterocycles. The third kappa shape index (κ3) is 3.20. The molecule has 20 heavy (non-hydrogen) atoms. The molecule has 1 aromatic heterocycles. The van der Waals surface area contributed by atoms with Gasteiger partial charge in [0, 0.05) is 12.1 Å². The third-order valence-corrected chi connectivity index (χ3v) is 3.16. The van der Waals surface area contributed by atoms with E-state index in [4.69, 9.17) is 9.15 Å². The molecule has 0 aliphatic rings. The van der Waals surface area contributed by atoms with Gasteiger partial charge in [-0.25, -0.2) is 0 Å². The maximum atomic E-state index is 11.8. The third-order valence-electron chi connectivity index (χ3n) is 3.16. The van der Waals surface area contributed by atoms with Crippen molar-refractivity contribution in [2.75, 3.05) is 7.11 Å². The van der Waals surface area contributed by atoms with Gasteiger partial charge in [-0.05, 0) is 29.7 Å². The standard InChI is InChI=1S/C16H19NO3/c1-11(2)12-6-7-13(15(9-12)19-3)10-17-16(18)14-5-4-8-20-14/h4-9,11H,10H2,1-3H3,(H,17,18). The molecule has 1 amide bonds. The summed E-state index contributed by atoms with van der Waals surface area (Å²) in [6.07, 6.45) is 1.48. The van der Waals surface area contributed by atoms with Crippen molar-refractivity contribution in [3.8, 4) is 5.75 Å². The van der Waals surface area contributed by atoms with Crippen LogP contribution in [0.4, 0.5) is 0 Å². The molecule has 0 spiro atoms. The van der Waals surface area contributed by atoms with Crippen LogP contribution in [0.15, 0.2) is 41.0 Å². The molecule has 4 nitrogen and oxygen atoms in total. The van der Waals surface area contributed by atoms with Gasteiger partial charge in [0.1, 0.15) is 5.75 Å². The molecule has 0 fully saturated rings. The lowest BCUT2D eigenvalue weighted by Gasteiger charge is -2.13. The van der Waals surface area contributed by atoms with Gasteiger partial charge in [-0.1, -0.05) is 26.0 Å². The van der Waals surface area contributed by atoms with Gasteiger partial charge in [-0.2, -0.15) is 0 Å². The number of carbonyl (C=O) groups excluding carboxylic acids is 1. The molecule has 0 aliphatic carbocycles. The molecule has 0 unspecified atom stereocenters. The highest BCUT2D eigenvalue weighted by Gasteiger charge is 2.11. The van der Waals surface area contributed by atoms with E-state index in [0.29, 0.717) is 18.2 Å². The Hall–Kier alpha value is -2.23. The fraction of sp³-hybridized carbons (Fsp3) is 0.312. The SMILES string of the molecule is COc1cc(C(C)C)ccc1CNC(=O)c1ccco1. The maximum absolute atomic E-state index is 11.8. The van der Waals surface area contributed by atoms with Gasteiger partial charge in [-0.15, -0.1) is 0 Å². The van der Waals surface area contributed by atoms with Crippen molar-refractivity contribution >= 4 is 5.91 Å². The number of amides is 1. The van der Waals surface area contributed by atoms with Crippen molar-refractivity contribution in [2.45, 2.75) is 26.3 Å². The topological polar surface area (TPSA) is 51.5 Å². The predicted octanol–water partition coefficient (Wildman–Crippen LogP) is 3.34. The van der Waals surface area contributed by atoms with Gasteiger partial charge >= 0.3 is 0 Å². The lowest BCUT2D eigenvalue weighted by molar-refractivity contribution is 0.0923. The number of furan rings is 1. The normalized spacial score (nSPS) is 10.6. The zero-order valence-corrected chi connectivity index (χ0v) is 12.0. The molecule has 1 aromatic carbocycles. The first-order valence-electron chi connectivity index (χ1n) is 6.60. The summed E-state index contributed by atoms with van der Waals surface area (Å²) in [7, 11) is 1.64. The number of rotatable bonds is 5. The lowest BCUT2D eigenvalue weighted by Crippen LogP contribution is -2.22. The number of ether oxygens (including phenoxy) is 1. The first-order chi connectivity index (χ1) is 9.61. The summed E-state index contributed by atoms with van der Waals surface area (Å²) in [5.41, 5.74) is 2.15. The molecule has 2 rings (SSSR count). The van der Waals surface area contributed by atoms with Crippen LogP contribution >= 0.6 is 0 Å². The van der Waals surface area contributed by atoms with Gasteiger partial charge < -0.3 is 14.5 Å². The largest absolute Gasteiger partial charge is 0.496 e. The summed E-state index contributed by atoms with van der Waals surface area (Å²) >= 11 is 0. The van der Waals surface area contributed by atoms with Crippen LogP contribution in [0.2, 0.25) is 0 Å². The molecular formula is C16H19NO3. The lowest BCUT2D eigenvalue weighted by atomic mass is 10.0. The summed E-state index contributed by atoms with van der Waals surface area (Å²) in [5.74, 6) is 1.30. The zero-order chi connectivity index (χ0) is 14.5. The Morgan fingerprint density at radius 2 is 2.15 bits per heavy atom. The molecule has 1 N–H and O–H groups in total. The van der Waals surface area contributed by atoms with Crippen molar-refractivity contribution in [3.63, 3.8) is 0 Å². The second-order valence-electron chi connectivity index (χ2n) is 4.89. The minimum absolute atomic E-state index is 0.231. The van der Waals surface area contributed by atoms with E-state index >= 15 is 0 Å². The number of benzene rings is 1. The Morgan fingerprint density at radius 1 is 1.35 bits per heavy atom. The van der Waals surface area contributed by atoms with E-state index in [-0.39, 0.29) is 5.91 Å². The Labute approximate surface area is 118 Å². The zero-order valence-electron chi connectivity index (χ0n) is 12.0. The quantitative estimate of drug-likeness (QED) is 0.909. The van der Waals surface area contributed by atoms with Crippen molar-refractivity contribution in [2.24, 2.45) is 0 Å². The molecule has 0 saturated carbocycles. The average molecular weight is 273 g/mol. The summed E-state index contributed by atoms with van der Waals surface area (Å²) in [5, 5.41) is 2.81. The summed E-state index contributed by atoms with van der Waals surface area (Å²) < 4.78 is 10.4. The second kappa shape index (κ2) is 6.28. The fourth-order valence-corrected chi connectivity index (χ4v) is 1.94. The second-order valence-corrected chi connectivity index (χ2v) is 4.89. The first-order valence-corrected chi connectivity index (χ1v) is 6.60. The predicted molar refractivity (Wildman–Crippen MR) is 77.0 cm³/mol. The summed E-state index contributed by atoms with van der Waals surface area (Å²) in [6, 6.07) is 9.37. The van der Waals surface area contributed by atoms with Crippen LogP contribution in [-0.4, -0.2) is 13.0 Å². The summed E-state index contributed by atoms with van der Waals surface area (Å²) in [4.78, 5) is 11.8.